The highest BCUT2D eigenvalue weighted by molar-refractivity contribution is 7.89. The Hall–Kier alpha value is -2.89. The Labute approximate surface area is 206 Å². The largest absolute Gasteiger partial charge is 0.427 e. The van der Waals surface area contributed by atoms with Gasteiger partial charge in [0.2, 0.25) is 10.0 Å². The highest BCUT2D eigenvalue weighted by atomic mass is 32.2. The van der Waals surface area contributed by atoms with E-state index < -0.39 is 21.7 Å². The average molecular weight is 521 g/mol. The molecule has 0 fully saturated rings. The molecule has 3 N–H and O–H groups in total. The molecule has 35 heavy (non-hydrogen) atoms. The number of primary sulfonamides is 1. The molecule has 2 heterocycles. The molecule has 1 aromatic heterocycles. The van der Waals surface area contributed by atoms with Crippen LogP contribution in [0.15, 0.2) is 52.4 Å². The number of alkyl halides is 2. The van der Waals surface area contributed by atoms with Gasteiger partial charge in [-0.05, 0) is 56.5 Å². The summed E-state index contributed by atoms with van der Waals surface area (Å²) in [6.07, 6.45) is -2.75. The molecule has 4 rings (SSSR count). The van der Waals surface area contributed by atoms with Crippen LogP contribution >= 0.6 is 11.3 Å². The number of sulfonamides is 1. The molecule has 11 heteroatoms. The Morgan fingerprint density at radius 3 is 2.66 bits per heavy atom. The number of halogens is 2. The van der Waals surface area contributed by atoms with Crippen molar-refractivity contribution >= 4 is 53.8 Å². The zero-order valence-electron chi connectivity index (χ0n) is 19.7. The SMILES string of the molecule is C=C(C)C(F)(F)Oc1ccc(S(N)(=O)=O)cc1Nc1nc2c3c(ccc2s1)N=C(C)C(C)C3CC. The molecule has 0 aliphatic carbocycles. The van der Waals surface area contributed by atoms with E-state index in [0.717, 1.165) is 58.7 Å². The van der Waals surface area contributed by atoms with Gasteiger partial charge in [-0.3, -0.25) is 4.99 Å². The first kappa shape index (κ1) is 25.2. The first-order valence-electron chi connectivity index (χ1n) is 11.0. The molecule has 1 aliphatic heterocycles. The number of nitrogens with zero attached hydrogens (tertiary/aromatic N) is 2. The number of benzene rings is 2. The fraction of sp³-hybridized carbons (Fsp3) is 0.333. The molecule has 0 amide bonds. The Bertz CT molecular complexity index is 1460. The van der Waals surface area contributed by atoms with Crippen LogP contribution in [0.2, 0.25) is 0 Å². The Morgan fingerprint density at radius 2 is 2.03 bits per heavy atom. The van der Waals surface area contributed by atoms with Gasteiger partial charge < -0.3 is 10.1 Å². The number of hydrogen-bond donors (Lipinski definition) is 2. The minimum Gasteiger partial charge on any atom is -0.427 e. The van der Waals surface area contributed by atoms with Crippen LogP contribution in [0, 0.1) is 5.92 Å². The van der Waals surface area contributed by atoms with E-state index in [1.807, 2.05) is 19.1 Å². The normalized spacial score (nSPS) is 18.2. The van der Waals surface area contributed by atoms with E-state index in [4.69, 9.17) is 19.9 Å². The van der Waals surface area contributed by atoms with Crippen molar-refractivity contribution in [3.05, 3.63) is 48.0 Å². The number of thiazole rings is 1. The second-order valence-corrected chi connectivity index (χ2v) is 11.2. The number of aliphatic imine (C=N–C) groups is 1. The van der Waals surface area contributed by atoms with Crippen LogP contribution in [-0.2, 0) is 10.0 Å². The van der Waals surface area contributed by atoms with Gasteiger partial charge in [0.25, 0.3) is 0 Å². The summed E-state index contributed by atoms with van der Waals surface area (Å²) in [6.45, 7) is 10.7. The van der Waals surface area contributed by atoms with Gasteiger partial charge in [0.15, 0.2) is 5.13 Å². The number of hydrogen-bond acceptors (Lipinski definition) is 7. The van der Waals surface area contributed by atoms with Gasteiger partial charge in [-0.25, -0.2) is 18.5 Å². The maximum absolute atomic E-state index is 14.3. The van der Waals surface area contributed by atoms with Gasteiger partial charge in [0.05, 0.1) is 26.5 Å². The lowest BCUT2D eigenvalue weighted by molar-refractivity contribution is -0.141. The summed E-state index contributed by atoms with van der Waals surface area (Å²) < 4.78 is 58.1. The first-order valence-corrected chi connectivity index (χ1v) is 13.3. The van der Waals surface area contributed by atoms with E-state index in [-0.39, 0.29) is 28.2 Å². The number of nitrogens with one attached hydrogen (secondary N) is 1. The van der Waals surface area contributed by atoms with Gasteiger partial charge in [0.1, 0.15) is 5.75 Å². The number of rotatable bonds is 7. The highest BCUT2D eigenvalue weighted by Gasteiger charge is 2.34. The van der Waals surface area contributed by atoms with Crippen molar-refractivity contribution in [1.82, 2.24) is 4.98 Å². The standard InChI is InChI=1S/C24H26F2N4O3S2/c1-6-16-13(4)14(5)28-17-8-10-20-22(21(16)17)30-23(34-20)29-18-11-15(35(27,31)32)7-9-19(18)33-24(25,26)12(2)3/h7-11,13,16H,2,6H2,1,3-5H3,(H,29,30)(H2,27,31,32). The quantitative estimate of drug-likeness (QED) is 0.347. The van der Waals surface area contributed by atoms with Crippen molar-refractivity contribution in [3.63, 3.8) is 0 Å². The summed E-state index contributed by atoms with van der Waals surface area (Å²) in [5.41, 5.74) is 3.26. The minimum atomic E-state index is -4.09. The number of aromatic nitrogens is 1. The van der Waals surface area contributed by atoms with Gasteiger partial charge in [0, 0.05) is 22.8 Å². The summed E-state index contributed by atoms with van der Waals surface area (Å²) in [6, 6.07) is 7.25. The smallest absolute Gasteiger partial charge is 0.422 e. The lowest BCUT2D eigenvalue weighted by atomic mass is 9.79. The minimum absolute atomic E-state index is 0.0142. The van der Waals surface area contributed by atoms with E-state index >= 15 is 0 Å². The maximum Gasteiger partial charge on any atom is 0.422 e. The number of anilines is 2. The lowest BCUT2D eigenvalue weighted by Crippen LogP contribution is -2.26. The number of nitrogens with two attached hydrogens (primary N) is 1. The first-order chi connectivity index (χ1) is 16.3. The zero-order valence-corrected chi connectivity index (χ0v) is 21.4. The lowest BCUT2D eigenvalue weighted by Gasteiger charge is -2.29. The predicted molar refractivity (Wildman–Crippen MR) is 136 cm³/mol. The molecule has 1 aliphatic rings. The van der Waals surface area contributed by atoms with E-state index in [2.05, 4.69) is 25.7 Å². The predicted octanol–water partition coefficient (Wildman–Crippen LogP) is 6.47. The average Bonchev–Trinajstić information content (AvgIpc) is 3.17. The summed E-state index contributed by atoms with van der Waals surface area (Å²) in [7, 11) is -4.09. The molecule has 0 saturated heterocycles. The van der Waals surface area contributed by atoms with Crippen LogP contribution in [0.25, 0.3) is 10.2 Å². The molecule has 186 valence electrons. The topological polar surface area (TPSA) is 107 Å². The van der Waals surface area contributed by atoms with Crippen molar-refractivity contribution in [2.45, 2.75) is 51.0 Å². The summed E-state index contributed by atoms with van der Waals surface area (Å²) >= 11 is 1.31. The van der Waals surface area contributed by atoms with Gasteiger partial charge in [-0.1, -0.05) is 31.8 Å². The fourth-order valence-corrected chi connectivity index (χ4v) is 5.56. The van der Waals surface area contributed by atoms with E-state index in [1.54, 1.807) is 0 Å². The number of ether oxygens (including phenoxy) is 1. The highest BCUT2D eigenvalue weighted by Crippen LogP contribution is 2.46. The fourth-order valence-electron chi connectivity index (χ4n) is 4.12. The third kappa shape index (κ3) is 4.80. The van der Waals surface area contributed by atoms with E-state index in [9.17, 15) is 17.2 Å². The van der Waals surface area contributed by atoms with Crippen LogP contribution in [0.5, 0.6) is 5.75 Å². The van der Waals surface area contributed by atoms with Crippen LogP contribution < -0.4 is 15.2 Å². The van der Waals surface area contributed by atoms with Crippen LogP contribution in [0.1, 0.15) is 45.6 Å². The van der Waals surface area contributed by atoms with E-state index in [0.29, 0.717) is 5.13 Å². The Kier molecular flexibility index (Phi) is 6.45. The molecule has 0 radical (unpaired) electrons. The molecule has 0 spiro atoms. The van der Waals surface area contributed by atoms with Crippen LogP contribution in [0.4, 0.5) is 25.3 Å². The van der Waals surface area contributed by atoms with Gasteiger partial charge >= 0.3 is 6.11 Å². The molecule has 7 nitrogen and oxygen atoms in total. The van der Waals surface area contributed by atoms with E-state index in [1.165, 1.54) is 11.3 Å². The second kappa shape index (κ2) is 8.96. The van der Waals surface area contributed by atoms with Crippen LogP contribution in [0.3, 0.4) is 0 Å². The summed E-state index contributed by atoms with van der Waals surface area (Å²) in [4.78, 5) is 9.23. The van der Waals surface area contributed by atoms with Crippen molar-refractivity contribution in [3.8, 4) is 5.75 Å². The van der Waals surface area contributed by atoms with Crippen molar-refractivity contribution in [2.75, 3.05) is 5.32 Å². The monoisotopic (exact) mass is 520 g/mol. The van der Waals surface area contributed by atoms with Gasteiger partial charge in [-0.2, -0.15) is 8.78 Å². The van der Waals surface area contributed by atoms with Crippen molar-refractivity contribution in [2.24, 2.45) is 16.0 Å². The Morgan fingerprint density at radius 1 is 1.31 bits per heavy atom. The second-order valence-electron chi connectivity index (χ2n) is 8.65. The molecule has 2 aromatic carbocycles. The number of fused-ring (bicyclic) bond motifs is 3. The third-order valence-corrected chi connectivity index (χ3v) is 8.05. The third-order valence-electron chi connectivity index (χ3n) is 6.20. The van der Waals surface area contributed by atoms with Crippen molar-refractivity contribution < 1.29 is 21.9 Å². The molecule has 3 aromatic rings. The van der Waals surface area contributed by atoms with Gasteiger partial charge in [-0.15, -0.1) is 0 Å². The molecular formula is C24H26F2N4O3S2. The summed E-state index contributed by atoms with van der Waals surface area (Å²) in [5.74, 6) is 0.221. The maximum atomic E-state index is 14.3. The van der Waals surface area contributed by atoms with Crippen LogP contribution in [-0.4, -0.2) is 25.2 Å². The Balaban J connectivity index is 1.81. The molecule has 0 saturated carbocycles. The summed E-state index contributed by atoms with van der Waals surface area (Å²) in [5, 5.41) is 8.60. The zero-order chi connectivity index (χ0) is 25.7. The molecule has 2 unspecified atom stereocenters. The molecule has 0 bridgehead atoms. The molecular weight excluding hydrogens is 494 g/mol. The van der Waals surface area contributed by atoms with Crippen molar-refractivity contribution in [1.29, 1.82) is 0 Å². The molecule has 2 atom stereocenters.